The smallest absolute Gasteiger partial charge is 0.191 e. The summed E-state index contributed by atoms with van der Waals surface area (Å²) in [6, 6.07) is 1.50. The Morgan fingerprint density at radius 2 is 2.05 bits per heavy atom. The Balaban J connectivity index is 1.59. The van der Waals surface area contributed by atoms with Crippen LogP contribution in [0.1, 0.15) is 56.8 Å². The molecule has 1 heterocycles. The summed E-state index contributed by atoms with van der Waals surface area (Å²) < 4.78 is 2.09. The van der Waals surface area contributed by atoms with Gasteiger partial charge in [0.2, 0.25) is 0 Å². The number of aliphatic imine (C=N–C) groups is 1. The number of nitrogens with zero attached hydrogens (tertiary/aromatic N) is 3. The molecule has 116 valence electrons. The van der Waals surface area contributed by atoms with Crippen LogP contribution < -0.4 is 10.6 Å². The SMILES string of the molecule is CN=C(NC1CCC1)NC1CCc2cn(C(C)C)nc2C1. The molecule has 1 atom stereocenters. The summed E-state index contributed by atoms with van der Waals surface area (Å²) in [6.07, 6.45) is 9.37. The van der Waals surface area contributed by atoms with Crippen LogP contribution in [0, 0.1) is 0 Å². The first-order valence-corrected chi connectivity index (χ1v) is 8.22. The molecule has 0 amide bonds. The fourth-order valence-corrected chi connectivity index (χ4v) is 3.01. The van der Waals surface area contributed by atoms with Crippen LogP contribution in [0.5, 0.6) is 0 Å². The summed E-state index contributed by atoms with van der Waals surface area (Å²) in [5.74, 6) is 0.955. The fraction of sp³-hybridized carbons (Fsp3) is 0.750. The third-order valence-electron chi connectivity index (χ3n) is 4.64. The fourth-order valence-electron chi connectivity index (χ4n) is 3.01. The first-order chi connectivity index (χ1) is 10.2. The second-order valence-electron chi connectivity index (χ2n) is 6.60. The van der Waals surface area contributed by atoms with Crippen molar-refractivity contribution in [2.45, 2.75) is 70.5 Å². The van der Waals surface area contributed by atoms with Crippen molar-refractivity contribution in [3.63, 3.8) is 0 Å². The van der Waals surface area contributed by atoms with E-state index in [-0.39, 0.29) is 0 Å². The van der Waals surface area contributed by atoms with Crippen molar-refractivity contribution in [3.8, 4) is 0 Å². The van der Waals surface area contributed by atoms with Gasteiger partial charge in [-0.1, -0.05) is 0 Å². The number of guanidine groups is 1. The van der Waals surface area contributed by atoms with E-state index in [4.69, 9.17) is 5.10 Å². The molecule has 0 bridgehead atoms. The molecule has 0 saturated heterocycles. The van der Waals surface area contributed by atoms with Gasteiger partial charge < -0.3 is 10.6 Å². The highest BCUT2D eigenvalue weighted by Gasteiger charge is 2.24. The van der Waals surface area contributed by atoms with Gasteiger partial charge in [-0.2, -0.15) is 5.10 Å². The summed E-state index contributed by atoms with van der Waals surface area (Å²) >= 11 is 0. The van der Waals surface area contributed by atoms with Crippen LogP contribution in [0.2, 0.25) is 0 Å². The molecule has 5 heteroatoms. The Morgan fingerprint density at radius 3 is 2.67 bits per heavy atom. The molecule has 1 fully saturated rings. The summed E-state index contributed by atoms with van der Waals surface area (Å²) in [5, 5.41) is 11.8. The van der Waals surface area contributed by atoms with Crippen molar-refractivity contribution in [2.24, 2.45) is 4.99 Å². The van der Waals surface area contributed by atoms with Crippen molar-refractivity contribution >= 4 is 5.96 Å². The van der Waals surface area contributed by atoms with Gasteiger partial charge in [0.25, 0.3) is 0 Å². The lowest BCUT2D eigenvalue weighted by Crippen LogP contribution is -2.50. The average Bonchev–Trinajstić information content (AvgIpc) is 2.84. The van der Waals surface area contributed by atoms with Crippen LogP contribution >= 0.6 is 0 Å². The second kappa shape index (κ2) is 6.08. The maximum atomic E-state index is 4.74. The van der Waals surface area contributed by atoms with Crippen LogP contribution in [0.15, 0.2) is 11.2 Å². The number of aromatic nitrogens is 2. The molecule has 5 nitrogen and oxygen atoms in total. The highest BCUT2D eigenvalue weighted by Crippen LogP contribution is 2.22. The van der Waals surface area contributed by atoms with Gasteiger partial charge >= 0.3 is 0 Å². The lowest BCUT2D eigenvalue weighted by molar-refractivity contribution is 0.376. The zero-order valence-corrected chi connectivity index (χ0v) is 13.4. The maximum Gasteiger partial charge on any atom is 0.191 e. The molecule has 2 aliphatic carbocycles. The minimum Gasteiger partial charge on any atom is -0.354 e. The molecule has 0 spiro atoms. The van der Waals surface area contributed by atoms with Gasteiger partial charge in [-0.05, 0) is 51.5 Å². The molecule has 2 aliphatic rings. The van der Waals surface area contributed by atoms with Crippen LogP contribution in [0.4, 0.5) is 0 Å². The molecule has 1 aromatic heterocycles. The van der Waals surface area contributed by atoms with Crippen molar-refractivity contribution in [1.29, 1.82) is 0 Å². The monoisotopic (exact) mass is 289 g/mol. The van der Waals surface area contributed by atoms with E-state index in [1.54, 1.807) is 0 Å². The molecular formula is C16H27N5. The number of aryl methyl sites for hydroxylation is 1. The Kier molecular flexibility index (Phi) is 4.17. The highest BCUT2D eigenvalue weighted by molar-refractivity contribution is 5.80. The third-order valence-corrected chi connectivity index (χ3v) is 4.64. The zero-order chi connectivity index (χ0) is 14.8. The van der Waals surface area contributed by atoms with Gasteiger partial charge in [-0.3, -0.25) is 9.67 Å². The Morgan fingerprint density at radius 1 is 1.29 bits per heavy atom. The van der Waals surface area contributed by atoms with Crippen LogP contribution in [-0.2, 0) is 12.8 Å². The quantitative estimate of drug-likeness (QED) is 0.661. The van der Waals surface area contributed by atoms with Gasteiger partial charge in [0.05, 0.1) is 5.69 Å². The van der Waals surface area contributed by atoms with Crippen molar-refractivity contribution in [1.82, 2.24) is 20.4 Å². The van der Waals surface area contributed by atoms with Crippen molar-refractivity contribution in [3.05, 3.63) is 17.5 Å². The predicted molar refractivity (Wildman–Crippen MR) is 85.7 cm³/mol. The molecule has 1 aromatic rings. The summed E-state index contributed by atoms with van der Waals surface area (Å²) in [5.41, 5.74) is 2.68. The molecule has 3 rings (SSSR count). The van der Waals surface area contributed by atoms with Gasteiger partial charge in [-0.15, -0.1) is 0 Å². The molecule has 0 aromatic carbocycles. The second-order valence-corrected chi connectivity index (χ2v) is 6.60. The van der Waals surface area contributed by atoms with E-state index >= 15 is 0 Å². The Bertz CT molecular complexity index is 513. The van der Waals surface area contributed by atoms with Gasteiger partial charge in [-0.25, -0.2) is 0 Å². The number of nitrogens with one attached hydrogen (secondary N) is 2. The lowest BCUT2D eigenvalue weighted by atomic mass is 9.93. The molecule has 1 saturated carbocycles. The molecule has 0 radical (unpaired) electrons. The average molecular weight is 289 g/mol. The minimum atomic E-state index is 0.440. The minimum absolute atomic E-state index is 0.440. The normalized spacial score (nSPS) is 22.9. The van der Waals surface area contributed by atoms with E-state index in [1.165, 1.54) is 30.5 Å². The van der Waals surface area contributed by atoms with Gasteiger partial charge in [0, 0.05) is 37.8 Å². The Labute approximate surface area is 127 Å². The first-order valence-electron chi connectivity index (χ1n) is 8.22. The van der Waals surface area contributed by atoms with Crippen molar-refractivity contribution < 1.29 is 0 Å². The molecule has 2 N–H and O–H groups in total. The van der Waals surface area contributed by atoms with E-state index in [2.05, 4.69) is 40.4 Å². The number of hydrogen-bond donors (Lipinski definition) is 2. The molecule has 0 aliphatic heterocycles. The third kappa shape index (κ3) is 3.22. The Hall–Kier alpha value is -1.52. The standard InChI is InChI=1S/C16H27N5/c1-11(2)21-10-12-7-8-14(9-15(12)20-21)19-16(17-3)18-13-5-4-6-13/h10-11,13-14H,4-9H2,1-3H3,(H2,17,18,19). The van der Waals surface area contributed by atoms with Crippen LogP contribution in [0.3, 0.4) is 0 Å². The van der Waals surface area contributed by atoms with Gasteiger partial charge in [0.1, 0.15) is 0 Å². The van der Waals surface area contributed by atoms with E-state index in [1.807, 2.05) is 7.05 Å². The summed E-state index contributed by atoms with van der Waals surface area (Å²) in [4.78, 5) is 4.36. The van der Waals surface area contributed by atoms with E-state index in [0.717, 1.165) is 25.2 Å². The summed E-state index contributed by atoms with van der Waals surface area (Å²) in [7, 11) is 1.86. The van der Waals surface area contributed by atoms with E-state index in [9.17, 15) is 0 Å². The van der Waals surface area contributed by atoms with Crippen LogP contribution in [0.25, 0.3) is 0 Å². The predicted octanol–water partition coefficient (Wildman–Crippen LogP) is 2.04. The van der Waals surface area contributed by atoms with E-state index in [0.29, 0.717) is 18.1 Å². The topological polar surface area (TPSA) is 54.2 Å². The number of rotatable bonds is 3. The first kappa shape index (κ1) is 14.4. The number of fused-ring (bicyclic) bond motifs is 1. The zero-order valence-electron chi connectivity index (χ0n) is 13.4. The molecule has 21 heavy (non-hydrogen) atoms. The van der Waals surface area contributed by atoms with E-state index < -0.39 is 0 Å². The molecule has 1 unspecified atom stereocenters. The van der Waals surface area contributed by atoms with Crippen LogP contribution in [-0.4, -0.2) is 34.9 Å². The summed E-state index contributed by atoms with van der Waals surface area (Å²) in [6.45, 7) is 4.36. The van der Waals surface area contributed by atoms with Crippen molar-refractivity contribution in [2.75, 3.05) is 7.05 Å². The molecular weight excluding hydrogens is 262 g/mol. The highest BCUT2D eigenvalue weighted by atomic mass is 15.3. The number of hydrogen-bond acceptors (Lipinski definition) is 2. The largest absolute Gasteiger partial charge is 0.354 e. The lowest BCUT2D eigenvalue weighted by Gasteiger charge is -2.31. The van der Waals surface area contributed by atoms with Gasteiger partial charge in [0.15, 0.2) is 5.96 Å². The maximum absolute atomic E-state index is 4.74.